The lowest BCUT2D eigenvalue weighted by Gasteiger charge is -2.34. The van der Waals surface area contributed by atoms with Gasteiger partial charge in [-0.2, -0.15) is 0 Å². The van der Waals surface area contributed by atoms with E-state index in [-0.39, 0.29) is 5.56 Å². The van der Waals surface area contributed by atoms with Gasteiger partial charge in [-0.15, -0.1) is 5.10 Å². The Bertz CT molecular complexity index is 1140. The molecule has 7 heteroatoms. The lowest BCUT2D eigenvalue weighted by molar-refractivity contribution is 0.132. The van der Waals surface area contributed by atoms with Crippen molar-refractivity contribution >= 4 is 10.9 Å². The first kappa shape index (κ1) is 21.3. The van der Waals surface area contributed by atoms with Gasteiger partial charge >= 0.3 is 0 Å². The van der Waals surface area contributed by atoms with Crippen molar-refractivity contribution in [1.29, 1.82) is 0 Å². The number of aromatic nitrogens is 5. The van der Waals surface area contributed by atoms with Gasteiger partial charge in [0, 0.05) is 23.7 Å². The van der Waals surface area contributed by atoms with Gasteiger partial charge in [0.15, 0.2) is 5.82 Å². The van der Waals surface area contributed by atoms with Crippen molar-refractivity contribution in [1.82, 2.24) is 30.1 Å². The Morgan fingerprint density at radius 2 is 1.69 bits per heavy atom. The summed E-state index contributed by atoms with van der Waals surface area (Å²) in [6.07, 6.45) is 11.0. The SMILES string of the molecule is Cc1cc2cc(CN(Cc3nnnn3C3CCCC3)C3CCCCC3)c(=O)[nH]c2cc1C. The Kier molecular flexibility index (Phi) is 6.09. The number of nitrogens with zero attached hydrogens (tertiary/aromatic N) is 5. The van der Waals surface area contributed by atoms with Crippen LogP contribution in [0.2, 0.25) is 0 Å². The lowest BCUT2D eigenvalue weighted by atomic mass is 9.93. The number of nitrogens with one attached hydrogen (secondary N) is 1. The van der Waals surface area contributed by atoms with Crippen LogP contribution in [0.3, 0.4) is 0 Å². The van der Waals surface area contributed by atoms with Crippen LogP contribution in [-0.4, -0.2) is 36.1 Å². The molecule has 3 aromatic rings. The molecule has 2 aliphatic rings. The summed E-state index contributed by atoms with van der Waals surface area (Å²) in [5.41, 5.74) is 4.19. The largest absolute Gasteiger partial charge is 0.322 e. The van der Waals surface area contributed by atoms with Gasteiger partial charge in [0.1, 0.15) is 0 Å². The highest BCUT2D eigenvalue weighted by Gasteiger charge is 2.27. The van der Waals surface area contributed by atoms with Crippen molar-refractivity contribution in [2.75, 3.05) is 0 Å². The van der Waals surface area contributed by atoms with Crippen LogP contribution in [-0.2, 0) is 13.1 Å². The predicted molar refractivity (Wildman–Crippen MR) is 125 cm³/mol. The minimum atomic E-state index is 0.0111. The highest BCUT2D eigenvalue weighted by atomic mass is 16.1. The lowest BCUT2D eigenvalue weighted by Crippen LogP contribution is -2.38. The molecule has 5 rings (SSSR count). The molecule has 0 amide bonds. The third kappa shape index (κ3) is 4.35. The van der Waals surface area contributed by atoms with Gasteiger partial charge < -0.3 is 4.98 Å². The summed E-state index contributed by atoms with van der Waals surface area (Å²) in [6.45, 7) is 5.52. The Morgan fingerprint density at radius 3 is 2.47 bits per heavy atom. The molecule has 0 saturated heterocycles. The third-order valence-corrected chi connectivity index (χ3v) is 7.58. The minimum absolute atomic E-state index is 0.0111. The summed E-state index contributed by atoms with van der Waals surface area (Å²) >= 11 is 0. The first-order valence-electron chi connectivity index (χ1n) is 12.2. The monoisotopic (exact) mass is 434 g/mol. The molecule has 170 valence electrons. The van der Waals surface area contributed by atoms with E-state index in [2.05, 4.69) is 62.1 Å². The van der Waals surface area contributed by atoms with Crippen molar-refractivity contribution in [2.45, 2.75) is 96.8 Å². The van der Waals surface area contributed by atoms with E-state index in [0.717, 1.165) is 35.1 Å². The molecule has 7 nitrogen and oxygen atoms in total. The van der Waals surface area contributed by atoms with Crippen molar-refractivity contribution in [3.05, 3.63) is 51.1 Å². The van der Waals surface area contributed by atoms with E-state index in [1.807, 2.05) is 0 Å². The van der Waals surface area contributed by atoms with E-state index < -0.39 is 0 Å². The first-order valence-corrected chi connectivity index (χ1v) is 12.2. The number of tetrazole rings is 1. The van der Waals surface area contributed by atoms with Gasteiger partial charge in [0.2, 0.25) is 0 Å². The number of pyridine rings is 1. The molecule has 1 N–H and O–H groups in total. The van der Waals surface area contributed by atoms with Crippen molar-refractivity contribution in [3.63, 3.8) is 0 Å². The van der Waals surface area contributed by atoms with Crippen LogP contribution < -0.4 is 5.56 Å². The average molecular weight is 435 g/mol. The van der Waals surface area contributed by atoms with Crippen molar-refractivity contribution < 1.29 is 0 Å². The molecule has 2 saturated carbocycles. The van der Waals surface area contributed by atoms with Crippen molar-refractivity contribution in [2.24, 2.45) is 0 Å². The van der Waals surface area contributed by atoms with Crippen LogP contribution in [0.4, 0.5) is 0 Å². The highest BCUT2D eigenvalue weighted by molar-refractivity contribution is 5.80. The van der Waals surface area contributed by atoms with Gasteiger partial charge in [-0.25, -0.2) is 4.68 Å². The van der Waals surface area contributed by atoms with Gasteiger partial charge in [-0.3, -0.25) is 9.69 Å². The quantitative estimate of drug-likeness (QED) is 0.614. The molecular formula is C25H34N6O. The zero-order valence-corrected chi connectivity index (χ0v) is 19.3. The van der Waals surface area contributed by atoms with Crippen molar-refractivity contribution in [3.8, 4) is 0 Å². The summed E-state index contributed by atoms with van der Waals surface area (Å²) in [5, 5.41) is 13.9. The molecule has 0 unspecified atom stereocenters. The molecule has 32 heavy (non-hydrogen) atoms. The Labute approximate surface area is 189 Å². The standard InChI is InChI=1S/C25H34N6O/c1-17-12-19-14-20(25(32)26-23(19)13-18(17)2)15-30(21-8-4-3-5-9-21)16-24-27-28-29-31(24)22-10-6-7-11-22/h12-14,21-22H,3-11,15-16H2,1-2H3,(H,26,32). The summed E-state index contributed by atoms with van der Waals surface area (Å²) in [7, 11) is 0. The van der Waals surface area contributed by atoms with Crippen LogP contribution in [0, 0.1) is 13.8 Å². The molecule has 0 atom stereocenters. The Balaban J connectivity index is 1.45. The summed E-state index contributed by atoms with van der Waals surface area (Å²) in [6, 6.07) is 7.21. The van der Waals surface area contributed by atoms with E-state index in [1.165, 1.54) is 56.1 Å². The van der Waals surface area contributed by atoms with Gasteiger partial charge in [0.05, 0.1) is 12.6 Å². The van der Waals surface area contributed by atoms with Crippen LogP contribution in [0.5, 0.6) is 0 Å². The van der Waals surface area contributed by atoms with E-state index in [9.17, 15) is 4.79 Å². The summed E-state index contributed by atoms with van der Waals surface area (Å²) < 4.78 is 2.06. The number of aromatic amines is 1. The topological polar surface area (TPSA) is 79.7 Å². The molecule has 2 aromatic heterocycles. The molecule has 0 radical (unpaired) electrons. The van der Waals surface area contributed by atoms with E-state index in [0.29, 0.717) is 25.2 Å². The Morgan fingerprint density at radius 1 is 0.969 bits per heavy atom. The number of rotatable bonds is 6. The van der Waals surface area contributed by atoms with Crippen LogP contribution in [0.15, 0.2) is 23.0 Å². The fourth-order valence-corrected chi connectivity index (χ4v) is 5.55. The van der Waals surface area contributed by atoms with Crippen LogP contribution >= 0.6 is 0 Å². The second-order valence-corrected chi connectivity index (χ2v) is 9.82. The second kappa shape index (κ2) is 9.14. The van der Waals surface area contributed by atoms with Gasteiger partial charge in [-0.1, -0.05) is 32.1 Å². The zero-order valence-electron chi connectivity index (χ0n) is 19.3. The maximum atomic E-state index is 13.0. The number of H-pyrrole nitrogens is 1. The summed E-state index contributed by atoms with van der Waals surface area (Å²) in [5.74, 6) is 0.936. The zero-order chi connectivity index (χ0) is 22.1. The number of fused-ring (bicyclic) bond motifs is 1. The fraction of sp³-hybridized carbons (Fsp3) is 0.600. The normalized spacial score (nSPS) is 18.2. The number of aryl methyl sites for hydroxylation is 2. The molecular weight excluding hydrogens is 400 g/mol. The molecule has 1 aromatic carbocycles. The number of hydrogen-bond acceptors (Lipinski definition) is 5. The molecule has 2 fully saturated rings. The fourth-order valence-electron chi connectivity index (χ4n) is 5.55. The Hall–Kier alpha value is -2.54. The maximum absolute atomic E-state index is 13.0. The van der Waals surface area contributed by atoms with Gasteiger partial charge in [0.25, 0.3) is 5.56 Å². The van der Waals surface area contributed by atoms with E-state index in [4.69, 9.17) is 0 Å². The highest BCUT2D eigenvalue weighted by Crippen LogP contribution is 2.30. The number of hydrogen-bond donors (Lipinski definition) is 1. The second-order valence-electron chi connectivity index (χ2n) is 9.82. The van der Waals surface area contributed by atoms with E-state index >= 15 is 0 Å². The molecule has 0 bridgehead atoms. The molecule has 2 heterocycles. The predicted octanol–water partition coefficient (Wildman–Crippen LogP) is 4.58. The molecule has 0 spiro atoms. The maximum Gasteiger partial charge on any atom is 0.252 e. The third-order valence-electron chi connectivity index (χ3n) is 7.58. The number of benzene rings is 1. The minimum Gasteiger partial charge on any atom is -0.322 e. The summed E-state index contributed by atoms with van der Waals surface area (Å²) in [4.78, 5) is 18.6. The smallest absolute Gasteiger partial charge is 0.252 e. The first-order chi connectivity index (χ1) is 15.6. The average Bonchev–Trinajstić information content (AvgIpc) is 3.47. The molecule has 2 aliphatic carbocycles. The van der Waals surface area contributed by atoms with Gasteiger partial charge in [-0.05, 0) is 84.7 Å². The molecule has 0 aliphatic heterocycles. The van der Waals surface area contributed by atoms with Crippen LogP contribution in [0.1, 0.15) is 86.3 Å². The van der Waals surface area contributed by atoms with Crippen LogP contribution in [0.25, 0.3) is 10.9 Å². The van der Waals surface area contributed by atoms with E-state index in [1.54, 1.807) is 0 Å².